The van der Waals surface area contributed by atoms with Gasteiger partial charge in [-0.15, -0.1) is 0 Å². The quantitative estimate of drug-likeness (QED) is 0.844. The number of piperidine rings is 1. The molecular formula is C16H15F5N2O. The second kappa shape index (κ2) is 6.16. The molecule has 1 aliphatic heterocycles. The summed E-state index contributed by atoms with van der Waals surface area (Å²) in [7, 11) is 0. The molecule has 8 heteroatoms. The minimum atomic E-state index is -4.68. The summed E-state index contributed by atoms with van der Waals surface area (Å²) in [6, 6.07) is 4.77. The van der Waals surface area contributed by atoms with Crippen molar-refractivity contribution < 1.29 is 27.1 Å². The molecule has 0 spiro atoms. The van der Waals surface area contributed by atoms with Crippen LogP contribution in [0.15, 0.2) is 24.3 Å². The summed E-state index contributed by atoms with van der Waals surface area (Å²) in [6.45, 7) is 0.395. The Labute approximate surface area is 134 Å². The van der Waals surface area contributed by atoms with Gasteiger partial charge in [0.05, 0.1) is 0 Å². The number of aliphatic hydroxyl groups is 1. The van der Waals surface area contributed by atoms with Crippen LogP contribution in [0.4, 0.5) is 27.8 Å². The van der Waals surface area contributed by atoms with Gasteiger partial charge >= 0.3 is 6.18 Å². The van der Waals surface area contributed by atoms with Crippen molar-refractivity contribution in [3.05, 3.63) is 35.9 Å². The van der Waals surface area contributed by atoms with Gasteiger partial charge in [0.25, 0.3) is 0 Å². The Morgan fingerprint density at radius 2 is 1.83 bits per heavy atom. The average molecular weight is 346 g/mol. The lowest BCUT2D eigenvalue weighted by atomic mass is 9.92. The lowest BCUT2D eigenvalue weighted by Crippen LogP contribution is -2.46. The van der Waals surface area contributed by atoms with E-state index in [1.165, 1.54) is 12.1 Å². The molecule has 1 aliphatic rings. The maximum atomic E-state index is 13.8. The zero-order chi connectivity index (χ0) is 17.5. The number of fused-ring (bicyclic) bond motifs is 1. The standard InChI is InChI=1S/C16H15F5N2O/c17-11-4-5-12(18)14-10(11)3-6-13(22-14)23-7-1-2-9(8-23)15(24)16(19,20)21/h3-6,9,15,24H,1-2,7-8H2. The molecule has 0 radical (unpaired) electrons. The second-order valence-electron chi connectivity index (χ2n) is 5.93. The molecule has 0 aliphatic carbocycles. The summed E-state index contributed by atoms with van der Waals surface area (Å²) in [5.74, 6) is -2.02. The predicted octanol–water partition coefficient (Wildman–Crippen LogP) is 3.65. The molecule has 2 heterocycles. The summed E-state index contributed by atoms with van der Waals surface area (Å²) in [4.78, 5) is 5.63. The van der Waals surface area contributed by atoms with E-state index in [9.17, 15) is 27.1 Å². The predicted molar refractivity (Wildman–Crippen MR) is 78.7 cm³/mol. The van der Waals surface area contributed by atoms with Gasteiger partial charge < -0.3 is 10.0 Å². The Kier molecular flexibility index (Phi) is 4.33. The van der Waals surface area contributed by atoms with E-state index in [4.69, 9.17) is 0 Å². The monoisotopic (exact) mass is 346 g/mol. The summed E-state index contributed by atoms with van der Waals surface area (Å²) < 4.78 is 65.6. The number of nitrogens with zero attached hydrogens (tertiary/aromatic N) is 2. The van der Waals surface area contributed by atoms with Crippen LogP contribution in [-0.2, 0) is 0 Å². The maximum absolute atomic E-state index is 13.8. The highest BCUT2D eigenvalue weighted by Gasteiger charge is 2.44. The molecule has 3 nitrogen and oxygen atoms in total. The SMILES string of the molecule is OC(C1CCCN(c2ccc3c(F)ccc(F)c3n2)C1)C(F)(F)F. The molecule has 130 valence electrons. The first kappa shape index (κ1) is 16.9. The van der Waals surface area contributed by atoms with Crippen molar-refractivity contribution in [2.75, 3.05) is 18.0 Å². The number of hydrogen-bond acceptors (Lipinski definition) is 3. The summed E-state index contributed by atoms with van der Waals surface area (Å²) in [5, 5.41) is 9.46. The minimum Gasteiger partial charge on any atom is -0.383 e. The minimum absolute atomic E-state index is 0.0163. The average Bonchev–Trinajstić information content (AvgIpc) is 2.56. The van der Waals surface area contributed by atoms with Crippen molar-refractivity contribution in [2.45, 2.75) is 25.1 Å². The number of aromatic nitrogens is 1. The van der Waals surface area contributed by atoms with Crippen LogP contribution in [0.25, 0.3) is 10.9 Å². The van der Waals surface area contributed by atoms with Crippen molar-refractivity contribution in [3.63, 3.8) is 0 Å². The summed E-state index contributed by atoms with van der Waals surface area (Å²) in [6.07, 6.45) is -6.40. The molecule has 0 saturated carbocycles. The molecule has 1 fully saturated rings. The summed E-state index contributed by atoms with van der Waals surface area (Å²) in [5.41, 5.74) is -0.161. The first-order valence-corrected chi connectivity index (χ1v) is 7.52. The second-order valence-corrected chi connectivity index (χ2v) is 5.93. The van der Waals surface area contributed by atoms with Crippen molar-refractivity contribution >= 4 is 16.7 Å². The van der Waals surface area contributed by atoms with Crippen molar-refractivity contribution in [1.29, 1.82) is 0 Å². The maximum Gasteiger partial charge on any atom is 0.414 e. The fraction of sp³-hybridized carbons (Fsp3) is 0.438. The largest absolute Gasteiger partial charge is 0.414 e. The van der Waals surface area contributed by atoms with E-state index in [0.717, 1.165) is 12.1 Å². The van der Waals surface area contributed by atoms with Gasteiger partial charge in [0.2, 0.25) is 0 Å². The van der Waals surface area contributed by atoms with Crippen LogP contribution >= 0.6 is 0 Å². The first-order valence-electron chi connectivity index (χ1n) is 7.52. The van der Waals surface area contributed by atoms with Crippen LogP contribution in [-0.4, -0.2) is 35.5 Å². The van der Waals surface area contributed by atoms with Crippen LogP contribution in [0.1, 0.15) is 12.8 Å². The topological polar surface area (TPSA) is 36.4 Å². The Hall–Kier alpha value is -1.96. The van der Waals surface area contributed by atoms with Gasteiger partial charge in [-0.05, 0) is 37.1 Å². The molecule has 2 atom stereocenters. The molecule has 24 heavy (non-hydrogen) atoms. The van der Waals surface area contributed by atoms with E-state index in [-0.39, 0.29) is 29.7 Å². The number of rotatable bonds is 2. The molecule has 1 aromatic heterocycles. The Balaban J connectivity index is 1.89. The molecule has 0 amide bonds. The molecular weight excluding hydrogens is 331 g/mol. The number of pyridine rings is 1. The van der Waals surface area contributed by atoms with Gasteiger partial charge in [0.1, 0.15) is 23.0 Å². The Bertz CT molecular complexity index is 749. The number of aliphatic hydroxyl groups excluding tert-OH is 1. The molecule has 1 saturated heterocycles. The highest BCUT2D eigenvalue weighted by molar-refractivity contribution is 5.81. The van der Waals surface area contributed by atoms with Gasteiger partial charge in [-0.25, -0.2) is 13.8 Å². The van der Waals surface area contributed by atoms with Gasteiger partial charge in [0, 0.05) is 24.4 Å². The first-order chi connectivity index (χ1) is 11.3. The molecule has 1 aromatic carbocycles. The van der Waals surface area contributed by atoms with Gasteiger partial charge in [-0.1, -0.05) is 0 Å². The Morgan fingerprint density at radius 3 is 2.54 bits per heavy atom. The summed E-state index contributed by atoms with van der Waals surface area (Å²) >= 11 is 0. The Morgan fingerprint density at radius 1 is 1.12 bits per heavy atom. The number of anilines is 1. The van der Waals surface area contributed by atoms with E-state index in [1.54, 1.807) is 4.90 Å². The zero-order valence-electron chi connectivity index (χ0n) is 12.5. The van der Waals surface area contributed by atoms with Gasteiger partial charge in [-0.3, -0.25) is 0 Å². The fourth-order valence-electron chi connectivity index (χ4n) is 3.06. The highest BCUT2D eigenvalue weighted by atomic mass is 19.4. The van der Waals surface area contributed by atoms with Crippen molar-refractivity contribution in [1.82, 2.24) is 4.98 Å². The number of halogens is 5. The molecule has 2 aromatic rings. The molecule has 2 unspecified atom stereocenters. The van der Waals surface area contributed by atoms with Crippen LogP contribution < -0.4 is 4.90 Å². The number of alkyl halides is 3. The zero-order valence-corrected chi connectivity index (χ0v) is 12.5. The third-order valence-corrected chi connectivity index (χ3v) is 4.30. The molecule has 0 bridgehead atoms. The van der Waals surface area contributed by atoms with Crippen LogP contribution in [0.3, 0.4) is 0 Å². The van der Waals surface area contributed by atoms with E-state index >= 15 is 0 Å². The fourth-order valence-corrected chi connectivity index (χ4v) is 3.06. The van der Waals surface area contributed by atoms with E-state index in [2.05, 4.69) is 4.98 Å². The molecule has 3 rings (SSSR count). The van der Waals surface area contributed by atoms with Crippen molar-refractivity contribution in [2.24, 2.45) is 5.92 Å². The van der Waals surface area contributed by atoms with Gasteiger partial charge in [-0.2, -0.15) is 13.2 Å². The highest BCUT2D eigenvalue weighted by Crippen LogP contribution is 2.32. The van der Waals surface area contributed by atoms with Crippen LogP contribution in [0, 0.1) is 17.6 Å². The van der Waals surface area contributed by atoms with Gasteiger partial charge in [0.15, 0.2) is 6.10 Å². The van der Waals surface area contributed by atoms with E-state index in [0.29, 0.717) is 13.0 Å². The van der Waals surface area contributed by atoms with Crippen molar-refractivity contribution in [3.8, 4) is 0 Å². The van der Waals surface area contributed by atoms with E-state index in [1.807, 2.05) is 0 Å². The van der Waals surface area contributed by atoms with Crippen LogP contribution in [0.5, 0.6) is 0 Å². The number of benzene rings is 1. The normalized spacial score (nSPS) is 20.4. The lowest BCUT2D eigenvalue weighted by molar-refractivity contribution is -0.219. The smallest absolute Gasteiger partial charge is 0.383 e. The van der Waals surface area contributed by atoms with Crippen LogP contribution in [0.2, 0.25) is 0 Å². The van der Waals surface area contributed by atoms with E-state index < -0.39 is 29.8 Å². The molecule has 1 N–H and O–H groups in total. The third kappa shape index (κ3) is 3.15. The number of hydrogen-bond donors (Lipinski definition) is 1. The third-order valence-electron chi connectivity index (χ3n) is 4.30. The lowest BCUT2D eigenvalue weighted by Gasteiger charge is -2.36.